The molecule has 300 valence electrons. The summed E-state index contributed by atoms with van der Waals surface area (Å²) in [5.74, 6) is 0.267. The van der Waals surface area contributed by atoms with E-state index in [9.17, 15) is 23.1 Å². The third kappa shape index (κ3) is 12.8. The van der Waals surface area contributed by atoms with E-state index in [1.165, 1.54) is 5.56 Å². The summed E-state index contributed by atoms with van der Waals surface area (Å²) in [6.45, 7) is 7.10. The molecular weight excluding hydrogens is 731 g/mol. The number of ether oxygens (including phenoxy) is 3. The normalized spacial score (nSPS) is 16.8. The number of aliphatic hydroxyl groups excluding tert-OH is 1. The molecular formula is C44H55N3O8S. The molecule has 2 atom stereocenters. The van der Waals surface area contributed by atoms with Gasteiger partial charge in [0.15, 0.2) is 0 Å². The second kappa shape index (κ2) is 20.3. The predicted octanol–water partition coefficient (Wildman–Crippen LogP) is 6.92. The molecule has 0 saturated heterocycles. The molecule has 5 rings (SSSR count). The van der Waals surface area contributed by atoms with Gasteiger partial charge in [0.25, 0.3) is 5.91 Å². The van der Waals surface area contributed by atoms with E-state index in [4.69, 9.17) is 14.2 Å². The molecule has 1 amide bonds. The minimum atomic E-state index is -3.60. The summed E-state index contributed by atoms with van der Waals surface area (Å²) in [6.07, 6.45) is 4.06. The van der Waals surface area contributed by atoms with E-state index < -0.39 is 28.1 Å². The average Bonchev–Trinajstić information content (AvgIpc) is 3.18. The van der Waals surface area contributed by atoms with Crippen LogP contribution in [0.15, 0.2) is 103 Å². The summed E-state index contributed by atoms with van der Waals surface area (Å²) in [4.78, 5) is 27.7. The molecule has 12 heteroatoms. The molecule has 56 heavy (non-hydrogen) atoms. The van der Waals surface area contributed by atoms with Crippen LogP contribution in [0.4, 0.5) is 5.69 Å². The summed E-state index contributed by atoms with van der Waals surface area (Å²) in [5, 5.41) is 14.1. The van der Waals surface area contributed by atoms with Gasteiger partial charge in [-0.1, -0.05) is 86.6 Å². The van der Waals surface area contributed by atoms with Gasteiger partial charge < -0.3 is 24.6 Å². The fraction of sp³-hybridized carbons (Fsp3) is 0.409. The van der Waals surface area contributed by atoms with E-state index in [0.29, 0.717) is 36.1 Å². The molecule has 1 aliphatic carbocycles. The zero-order valence-corrected chi connectivity index (χ0v) is 33.5. The van der Waals surface area contributed by atoms with Crippen LogP contribution in [0.25, 0.3) is 0 Å². The first-order valence-corrected chi connectivity index (χ1v) is 21.2. The van der Waals surface area contributed by atoms with Gasteiger partial charge in [0, 0.05) is 30.8 Å². The predicted molar refractivity (Wildman–Crippen MR) is 218 cm³/mol. The first-order chi connectivity index (χ1) is 26.9. The van der Waals surface area contributed by atoms with Gasteiger partial charge in [-0.25, -0.2) is 13.2 Å². The zero-order chi connectivity index (χ0) is 40.1. The number of carbonyl (C=O) groups excluding carboxylic acids is 2. The minimum Gasteiger partial charge on any atom is -0.491 e. The Balaban J connectivity index is 1.19. The summed E-state index contributed by atoms with van der Waals surface area (Å²) >= 11 is 0. The first-order valence-electron chi connectivity index (χ1n) is 19.3. The summed E-state index contributed by atoms with van der Waals surface area (Å²) in [6, 6.07) is 31.9. The third-order valence-corrected chi connectivity index (χ3v) is 10.5. The molecule has 4 aromatic rings. The number of sulfonamides is 1. The molecule has 0 spiro atoms. The summed E-state index contributed by atoms with van der Waals surface area (Å²) in [5.41, 5.74) is 4.03. The van der Waals surface area contributed by atoms with Crippen molar-refractivity contribution >= 4 is 27.6 Å². The van der Waals surface area contributed by atoms with E-state index in [-0.39, 0.29) is 43.4 Å². The number of aliphatic hydroxyl groups is 1. The van der Waals surface area contributed by atoms with Crippen molar-refractivity contribution in [2.75, 3.05) is 30.7 Å². The molecule has 0 heterocycles. The Hall–Kier alpha value is -4.91. The van der Waals surface area contributed by atoms with Gasteiger partial charge in [-0.2, -0.15) is 0 Å². The van der Waals surface area contributed by atoms with E-state index in [0.717, 1.165) is 43.1 Å². The molecule has 1 fully saturated rings. The van der Waals surface area contributed by atoms with Gasteiger partial charge in [-0.15, -0.1) is 0 Å². The second-order valence-corrected chi connectivity index (χ2v) is 16.5. The highest BCUT2D eigenvalue weighted by Gasteiger charge is 2.29. The van der Waals surface area contributed by atoms with Crippen LogP contribution in [0.5, 0.6) is 11.5 Å². The SMILES string of the molecule is CCOC(=O)[C@@H](NC(=O)c1ccc(C2CCC(N(Cc3ccccc3)C[C@H](O)COc3ccc(OCc4ccccc4)c(NS(C)(=O)=O)c3)CC2)cc1)C(C)C. The number of rotatable bonds is 19. The number of hydrogen-bond donors (Lipinski definition) is 3. The highest BCUT2D eigenvalue weighted by Crippen LogP contribution is 2.36. The summed E-state index contributed by atoms with van der Waals surface area (Å²) in [7, 11) is -3.60. The van der Waals surface area contributed by atoms with Gasteiger partial charge >= 0.3 is 5.97 Å². The molecule has 0 aromatic heterocycles. The zero-order valence-electron chi connectivity index (χ0n) is 32.7. The van der Waals surface area contributed by atoms with Gasteiger partial charge in [-0.3, -0.25) is 14.4 Å². The van der Waals surface area contributed by atoms with Crippen LogP contribution < -0.4 is 19.5 Å². The molecule has 3 N–H and O–H groups in total. The molecule has 0 radical (unpaired) electrons. The Labute approximate surface area is 331 Å². The number of amides is 1. The number of benzene rings is 4. The van der Waals surface area contributed by atoms with Crippen LogP contribution in [-0.4, -0.2) is 74.5 Å². The molecule has 4 aromatic carbocycles. The Kier molecular flexibility index (Phi) is 15.3. The average molecular weight is 786 g/mol. The van der Waals surface area contributed by atoms with Crippen molar-refractivity contribution in [3.8, 4) is 11.5 Å². The van der Waals surface area contributed by atoms with E-state index in [1.54, 1.807) is 25.1 Å². The van der Waals surface area contributed by atoms with E-state index in [2.05, 4.69) is 27.1 Å². The Morgan fingerprint density at radius 2 is 1.50 bits per heavy atom. The molecule has 0 unspecified atom stereocenters. The van der Waals surface area contributed by atoms with E-state index in [1.807, 2.05) is 86.6 Å². The quantitative estimate of drug-likeness (QED) is 0.0864. The van der Waals surface area contributed by atoms with Gasteiger partial charge in [0.1, 0.15) is 36.9 Å². The highest BCUT2D eigenvalue weighted by molar-refractivity contribution is 7.92. The summed E-state index contributed by atoms with van der Waals surface area (Å²) < 4.78 is 44.0. The largest absolute Gasteiger partial charge is 0.491 e. The first kappa shape index (κ1) is 42.2. The molecule has 1 aliphatic rings. The van der Waals surface area contributed by atoms with Crippen molar-refractivity contribution in [2.45, 2.75) is 83.7 Å². The Bertz CT molecular complexity index is 1950. The number of hydrogen-bond acceptors (Lipinski definition) is 9. The Morgan fingerprint density at radius 3 is 2.11 bits per heavy atom. The fourth-order valence-corrected chi connectivity index (χ4v) is 7.61. The molecule has 0 aliphatic heterocycles. The number of esters is 1. The maximum Gasteiger partial charge on any atom is 0.328 e. The van der Waals surface area contributed by atoms with Crippen LogP contribution in [0, 0.1) is 5.92 Å². The van der Waals surface area contributed by atoms with Crippen molar-refractivity contribution in [1.29, 1.82) is 0 Å². The molecule has 11 nitrogen and oxygen atoms in total. The third-order valence-electron chi connectivity index (χ3n) is 9.95. The Morgan fingerprint density at radius 1 is 0.857 bits per heavy atom. The van der Waals surface area contributed by atoms with Gasteiger partial charge in [0.05, 0.1) is 18.6 Å². The lowest BCUT2D eigenvalue weighted by atomic mass is 9.81. The maximum atomic E-state index is 13.0. The minimum absolute atomic E-state index is 0.0147. The monoisotopic (exact) mass is 785 g/mol. The van der Waals surface area contributed by atoms with Crippen molar-refractivity contribution in [2.24, 2.45) is 5.92 Å². The lowest BCUT2D eigenvalue weighted by Crippen LogP contribution is -2.45. The van der Waals surface area contributed by atoms with Crippen molar-refractivity contribution < 1.29 is 37.3 Å². The topological polar surface area (TPSA) is 144 Å². The number of carbonyl (C=O) groups is 2. The van der Waals surface area contributed by atoms with Crippen molar-refractivity contribution in [3.05, 3.63) is 125 Å². The number of anilines is 1. The van der Waals surface area contributed by atoms with E-state index >= 15 is 0 Å². The molecule has 1 saturated carbocycles. The van der Waals surface area contributed by atoms with Gasteiger partial charge in [-0.05, 0) is 85.4 Å². The number of nitrogens with one attached hydrogen (secondary N) is 2. The standard InChI is InChI=1S/C44H55N3O8S/c1-5-53-44(50)42(31(2)3)45-43(49)36-18-16-34(17-19-36)35-20-22-37(23-21-35)47(27-32-12-8-6-9-13-32)28-38(48)30-54-39-24-25-41(40(26-39)46-56(4,51)52)55-29-33-14-10-7-11-15-33/h6-19,24-26,31,35,37-38,42,46,48H,5,20-23,27-30H2,1-4H3,(H,45,49)/t35?,37?,38-,42-/m0/s1. The van der Waals surface area contributed by atoms with Crippen LogP contribution in [0.2, 0.25) is 0 Å². The lowest BCUT2D eigenvalue weighted by molar-refractivity contribution is -0.146. The van der Waals surface area contributed by atoms with Gasteiger partial charge in [0.2, 0.25) is 10.0 Å². The second-order valence-electron chi connectivity index (χ2n) is 14.8. The van der Waals surface area contributed by atoms with Crippen LogP contribution in [0.1, 0.15) is 79.4 Å². The van der Waals surface area contributed by atoms with Crippen molar-refractivity contribution in [1.82, 2.24) is 10.2 Å². The van der Waals surface area contributed by atoms with Crippen molar-refractivity contribution in [3.63, 3.8) is 0 Å². The van der Waals surface area contributed by atoms with Crippen LogP contribution >= 0.6 is 0 Å². The van der Waals surface area contributed by atoms with Crippen LogP contribution in [-0.2, 0) is 32.7 Å². The molecule has 0 bridgehead atoms. The highest BCUT2D eigenvalue weighted by atomic mass is 32.2. The lowest BCUT2D eigenvalue weighted by Gasteiger charge is -2.38. The number of nitrogens with zero attached hydrogens (tertiary/aromatic N) is 1. The fourth-order valence-electron chi connectivity index (χ4n) is 7.05. The smallest absolute Gasteiger partial charge is 0.328 e. The van der Waals surface area contributed by atoms with Crippen LogP contribution in [0.3, 0.4) is 0 Å². The maximum absolute atomic E-state index is 13.0.